The minimum absolute atomic E-state index is 0.361. The van der Waals surface area contributed by atoms with Crippen molar-refractivity contribution in [1.82, 2.24) is 4.57 Å². The van der Waals surface area contributed by atoms with Gasteiger partial charge in [-0.3, -0.25) is 4.79 Å². The molecule has 1 fully saturated rings. The van der Waals surface area contributed by atoms with Gasteiger partial charge in [0.15, 0.2) is 5.78 Å². The molecule has 0 amide bonds. The zero-order chi connectivity index (χ0) is 13.4. The summed E-state index contributed by atoms with van der Waals surface area (Å²) in [6, 6.07) is 2.75. The van der Waals surface area contributed by atoms with Gasteiger partial charge in [-0.15, -0.1) is 0 Å². The maximum atomic E-state index is 12.1. The van der Waals surface area contributed by atoms with Gasteiger partial charge in [-0.2, -0.15) is 11.8 Å². The number of ketones is 1. The summed E-state index contributed by atoms with van der Waals surface area (Å²) in [6.45, 7) is 2.18. The molecule has 0 bridgehead atoms. The number of aryl methyl sites for hydroxylation is 1. The standard InChI is InChI=1S/C16H23NOS/c1-11-10-12-13(7-5-8-15(12)18)17(11)14-6-3-4-9-16(14)19-2/h10,14,16H,3-9H2,1-2H3. The van der Waals surface area contributed by atoms with Crippen LogP contribution in [0.2, 0.25) is 0 Å². The van der Waals surface area contributed by atoms with Crippen molar-refractivity contribution < 1.29 is 4.79 Å². The number of Topliss-reactive ketones (excluding diaryl/α,β-unsaturated/α-hetero) is 1. The van der Waals surface area contributed by atoms with Gasteiger partial charge in [-0.05, 0) is 44.9 Å². The predicted octanol–water partition coefficient (Wildman–Crippen LogP) is 4.16. The second-order valence-electron chi connectivity index (χ2n) is 5.92. The van der Waals surface area contributed by atoms with Crippen LogP contribution < -0.4 is 0 Å². The van der Waals surface area contributed by atoms with Crippen LogP contribution in [0.5, 0.6) is 0 Å². The summed E-state index contributed by atoms with van der Waals surface area (Å²) >= 11 is 2.01. The molecule has 0 radical (unpaired) electrons. The first kappa shape index (κ1) is 13.3. The number of carbonyl (C=O) groups is 1. The number of thioether (sulfide) groups is 1. The quantitative estimate of drug-likeness (QED) is 0.809. The predicted molar refractivity (Wildman–Crippen MR) is 81.2 cm³/mol. The van der Waals surface area contributed by atoms with E-state index in [4.69, 9.17) is 0 Å². The van der Waals surface area contributed by atoms with Crippen molar-refractivity contribution in [3.63, 3.8) is 0 Å². The Hall–Kier alpha value is -0.700. The van der Waals surface area contributed by atoms with Crippen LogP contribution >= 0.6 is 11.8 Å². The van der Waals surface area contributed by atoms with Crippen LogP contribution in [0.3, 0.4) is 0 Å². The highest BCUT2D eigenvalue weighted by atomic mass is 32.2. The molecular weight excluding hydrogens is 254 g/mol. The Morgan fingerprint density at radius 3 is 2.79 bits per heavy atom. The fourth-order valence-corrected chi connectivity index (χ4v) is 4.84. The van der Waals surface area contributed by atoms with Crippen molar-refractivity contribution in [2.45, 2.75) is 63.2 Å². The van der Waals surface area contributed by atoms with E-state index in [0.717, 1.165) is 30.1 Å². The smallest absolute Gasteiger partial charge is 0.164 e. The van der Waals surface area contributed by atoms with Gasteiger partial charge in [0, 0.05) is 34.7 Å². The maximum Gasteiger partial charge on any atom is 0.164 e. The van der Waals surface area contributed by atoms with E-state index < -0.39 is 0 Å². The Labute approximate surface area is 120 Å². The molecule has 3 heteroatoms. The number of hydrogen-bond acceptors (Lipinski definition) is 2. The van der Waals surface area contributed by atoms with Crippen molar-refractivity contribution >= 4 is 17.5 Å². The van der Waals surface area contributed by atoms with Crippen LogP contribution in [0.4, 0.5) is 0 Å². The number of rotatable bonds is 2. The Balaban J connectivity index is 2.02. The van der Waals surface area contributed by atoms with E-state index in [9.17, 15) is 4.79 Å². The molecule has 2 unspecified atom stereocenters. The Bertz CT molecular complexity index is 491. The van der Waals surface area contributed by atoms with E-state index in [1.807, 2.05) is 11.8 Å². The van der Waals surface area contributed by atoms with Crippen LogP contribution in [0, 0.1) is 6.92 Å². The van der Waals surface area contributed by atoms with Gasteiger partial charge in [0.05, 0.1) is 0 Å². The van der Waals surface area contributed by atoms with Crippen molar-refractivity contribution in [2.24, 2.45) is 0 Å². The molecule has 0 saturated heterocycles. The molecule has 0 N–H and O–H groups in total. The van der Waals surface area contributed by atoms with Crippen molar-refractivity contribution in [1.29, 1.82) is 0 Å². The number of carbonyl (C=O) groups excluding carboxylic acids is 1. The highest BCUT2D eigenvalue weighted by Gasteiger charge is 2.31. The molecular formula is C16H23NOS. The second-order valence-corrected chi connectivity index (χ2v) is 7.00. The van der Waals surface area contributed by atoms with E-state index in [1.54, 1.807) is 0 Å². The lowest BCUT2D eigenvalue weighted by Gasteiger charge is -2.34. The van der Waals surface area contributed by atoms with Crippen LogP contribution in [0.25, 0.3) is 0 Å². The van der Waals surface area contributed by atoms with Gasteiger partial charge in [-0.1, -0.05) is 12.8 Å². The van der Waals surface area contributed by atoms with Crippen LogP contribution in [0.1, 0.15) is 66.3 Å². The van der Waals surface area contributed by atoms with Gasteiger partial charge in [-0.25, -0.2) is 0 Å². The minimum atomic E-state index is 0.361. The summed E-state index contributed by atoms with van der Waals surface area (Å²) in [5, 5.41) is 0.723. The number of aromatic nitrogens is 1. The SMILES string of the molecule is CSC1CCCCC1n1c(C)cc2c1CCCC2=O. The van der Waals surface area contributed by atoms with Crippen LogP contribution in [-0.4, -0.2) is 21.9 Å². The van der Waals surface area contributed by atoms with Gasteiger partial charge < -0.3 is 4.57 Å². The first-order valence-corrected chi connectivity index (χ1v) is 8.78. The third kappa shape index (κ3) is 2.26. The molecule has 1 heterocycles. The van der Waals surface area contributed by atoms with Gasteiger partial charge in [0.2, 0.25) is 0 Å². The first-order chi connectivity index (χ1) is 9.22. The minimum Gasteiger partial charge on any atom is -0.344 e. The molecule has 3 rings (SSSR count). The average molecular weight is 277 g/mol. The number of fused-ring (bicyclic) bond motifs is 1. The molecule has 1 aromatic heterocycles. The van der Waals surface area contributed by atoms with Crippen LogP contribution in [0.15, 0.2) is 6.07 Å². The summed E-state index contributed by atoms with van der Waals surface area (Å²) in [5.74, 6) is 0.361. The molecule has 2 aliphatic rings. The lowest BCUT2D eigenvalue weighted by Crippen LogP contribution is -2.28. The fraction of sp³-hybridized carbons (Fsp3) is 0.688. The average Bonchev–Trinajstić information content (AvgIpc) is 2.76. The summed E-state index contributed by atoms with van der Waals surface area (Å²) in [4.78, 5) is 12.1. The molecule has 2 nitrogen and oxygen atoms in total. The fourth-order valence-electron chi connectivity index (χ4n) is 3.86. The third-order valence-corrected chi connectivity index (χ3v) is 5.91. The van der Waals surface area contributed by atoms with Crippen molar-refractivity contribution in [3.8, 4) is 0 Å². The first-order valence-electron chi connectivity index (χ1n) is 7.49. The van der Waals surface area contributed by atoms with Gasteiger partial charge >= 0.3 is 0 Å². The summed E-state index contributed by atoms with van der Waals surface area (Å²) in [5.41, 5.74) is 3.65. The third-order valence-electron chi connectivity index (χ3n) is 4.75. The molecule has 2 atom stereocenters. The lowest BCUT2D eigenvalue weighted by atomic mass is 9.92. The maximum absolute atomic E-state index is 12.1. The van der Waals surface area contributed by atoms with E-state index in [-0.39, 0.29) is 0 Å². The largest absolute Gasteiger partial charge is 0.344 e. The Morgan fingerprint density at radius 2 is 2.00 bits per heavy atom. The highest BCUT2D eigenvalue weighted by Crippen LogP contribution is 2.39. The molecule has 0 aliphatic heterocycles. The molecule has 2 aliphatic carbocycles. The summed E-state index contributed by atoms with van der Waals surface area (Å²) in [7, 11) is 0. The molecule has 1 saturated carbocycles. The Kier molecular flexibility index (Phi) is 3.75. The summed E-state index contributed by atoms with van der Waals surface area (Å²) < 4.78 is 2.52. The van der Waals surface area contributed by atoms with E-state index >= 15 is 0 Å². The van der Waals surface area contributed by atoms with Gasteiger partial charge in [0.1, 0.15) is 0 Å². The monoisotopic (exact) mass is 277 g/mol. The molecule has 0 aromatic carbocycles. The second kappa shape index (κ2) is 5.35. The lowest BCUT2D eigenvalue weighted by molar-refractivity contribution is 0.0971. The van der Waals surface area contributed by atoms with E-state index in [1.165, 1.54) is 37.1 Å². The van der Waals surface area contributed by atoms with E-state index in [2.05, 4.69) is 23.8 Å². The molecule has 1 aromatic rings. The Morgan fingerprint density at radius 1 is 1.21 bits per heavy atom. The molecule has 104 valence electrons. The van der Waals surface area contributed by atoms with Gasteiger partial charge in [0.25, 0.3) is 0 Å². The number of nitrogens with zero attached hydrogens (tertiary/aromatic N) is 1. The zero-order valence-electron chi connectivity index (χ0n) is 11.9. The normalized spacial score (nSPS) is 27.4. The van der Waals surface area contributed by atoms with Crippen molar-refractivity contribution in [2.75, 3.05) is 6.26 Å². The zero-order valence-corrected chi connectivity index (χ0v) is 12.8. The van der Waals surface area contributed by atoms with Crippen LogP contribution in [-0.2, 0) is 6.42 Å². The molecule has 19 heavy (non-hydrogen) atoms. The van der Waals surface area contributed by atoms with E-state index in [0.29, 0.717) is 11.8 Å². The van der Waals surface area contributed by atoms with Crippen molar-refractivity contribution in [3.05, 3.63) is 23.0 Å². The highest BCUT2D eigenvalue weighted by molar-refractivity contribution is 7.99. The topological polar surface area (TPSA) is 22.0 Å². The molecule has 0 spiro atoms. The number of hydrogen-bond donors (Lipinski definition) is 0. The summed E-state index contributed by atoms with van der Waals surface area (Å²) in [6.07, 6.45) is 10.4.